The summed E-state index contributed by atoms with van der Waals surface area (Å²) in [6, 6.07) is 10.8. The van der Waals surface area contributed by atoms with Crippen LogP contribution in [0.25, 0.3) is 0 Å². The summed E-state index contributed by atoms with van der Waals surface area (Å²) in [6.07, 6.45) is 0. The summed E-state index contributed by atoms with van der Waals surface area (Å²) in [5.74, 6) is 1.09. The normalized spacial score (nSPS) is 10.0. The molecule has 0 spiro atoms. The number of amides is 1. The van der Waals surface area contributed by atoms with Crippen molar-refractivity contribution in [3.63, 3.8) is 0 Å². The standard InChI is InChI=1S/C15H18N4O2/c1-11-7-8-14(19-18-11)16-9-10-17-15(20)12-5-3-4-6-13(12)21-2/h3-8H,9-10H2,1-2H3,(H,16,19)(H,17,20). The monoisotopic (exact) mass is 286 g/mol. The van der Waals surface area contributed by atoms with Gasteiger partial charge in [0.25, 0.3) is 5.91 Å². The third-order valence-electron chi connectivity index (χ3n) is 2.87. The summed E-state index contributed by atoms with van der Waals surface area (Å²) < 4.78 is 5.16. The Kier molecular flexibility index (Phi) is 5.09. The Morgan fingerprint density at radius 3 is 2.67 bits per heavy atom. The molecule has 0 atom stereocenters. The molecule has 6 nitrogen and oxygen atoms in total. The molecule has 6 heteroatoms. The van der Waals surface area contributed by atoms with E-state index < -0.39 is 0 Å². The van der Waals surface area contributed by atoms with Crippen LogP contribution in [0.3, 0.4) is 0 Å². The van der Waals surface area contributed by atoms with E-state index in [1.807, 2.05) is 25.1 Å². The van der Waals surface area contributed by atoms with Gasteiger partial charge in [-0.1, -0.05) is 12.1 Å². The molecular formula is C15H18N4O2. The summed E-state index contributed by atoms with van der Waals surface area (Å²) in [4.78, 5) is 12.0. The molecule has 1 aromatic heterocycles. The molecule has 0 saturated carbocycles. The minimum atomic E-state index is -0.163. The third kappa shape index (κ3) is 4.17. The van der Waals surface area contributed by atoms with Gasteiger partial charge in [0.05, 0.1) is 18.4 Å². The van der Waals surface area contributed by atoms with Gasteiger partial charge in [-0.2, -0.15) is 5.10 Å². The fourth-order valence-electron chi connectivity index (χ4n) is 1.79. The molecule has 2 rings (SSSR count). The van der Waals surface area contributed by atoms with Gasteiger partial charge < -0.3 is 15.4 Å². The minimum absolute atomic E-state index is 0.163. The van der Waals surface area contributed by atoms with E-state index in [0.717, 1.165) is 5.69 Å². The highest BCUT2D eigenvalue weighted by atomic mass is 16.5. The Labute approximate surface area is 123 Å². The van der Waals surface area contributed by atoms with Crippen molar-refractivity contribution >= 4 is 11.7 Å². The first-order valence-corrected chi connectivity index (χ1v) is 6.66. The van der Waals surface area contributed by atoms with E-state index in [2.05, 4.69) is 20.8 Å². The molecule has 0 fully saturated rings. The van der Waals surface area contributed by atoms with Crippen LogP contribution in [0.15, 0.2) is 36.4 Å². The van der Waals surface area contributed by atoms with Crippen LogP contribution in [0.5, 0.6) is 5.75 Å². The molecule has 1 amide bonds. The molecule has 0 aliphatic carbocycles. The number of aromatic nitrogens is 2. The number of para-hydroxylation sites is 1. The first-order chi connectivity index (χ1) is 10.2. The molecule has 0 saturated heterocycles. The van der Waals surface area contributed by atoms with Crippen molar-refractivity contribution in [2.24, 2.45) is 0 Å². The average Bonchev–Trinajstić information content (AvgIpc) is 2.53. The maximum atomic E-state index is 12.0. The van der Waals surface area contributed by atoms with Gasteiger partial charge in [-0.3, -0.25) is 4.79 Å². The lowest BCUT2D eigenvalue weighted by Gasteiger charge is -2.09. The second-order valence-corrected chi connectivity index (χ2v) is 4.44. The third-order valence-corrected chi connectivity index (χ3v) is 2.87. The second kappa shape index (κ2) is 7.23. The van der Waals surface area contributed by atoms with Crippen molar-refractivity contribution < 1.29 is 9.53 Å². The van der Waals surface area contributed by atoms with E-state index in [1.165, 1.54) is 0 Å². The number of anilines is 1. The summed E-state index contributed by atoms with van der Waals surface area (Å²) in [5.41, 5.74) is 1.39. The van der Waals surface area contributed by atoms with E-state index in [0.29, 0.717) is 30.2 Å². The van der Waals surface area contributed by atoms with Crippen LogP contribution in [-0.4, -0.2) is 36.3 Å². The molecule has 2 N–H and O–H groups in total. The highest BCUT2D eigenvalue weighted by molar-refractivity contribution is 5.96. The van der Waals surface area contributed by atoms with Crippen molar-refractivity contribution in [1.29, 1.82) is 0 Å². The van der Waals surface area contributed by atoms with Gasteiger partial charge >= 0.3 is 0 Å². The predicted molar refractivity (Wildman–Crippen MR) is 80.6 cm³/mol. The Balaban J connectivity index is 1.80. The molecule has 0 aliphatic heterocycles. The van der Waals surface area contributed by atoms with Crippen molar-refractivity contribution in [3.8, 4) is 5.75 Å². The van der Waals surface area contributed by atoms with Gasteiger partial charge in [-0.25, -0.2) is 0 Å². The van der Waals surface area contributed by atoms with Crippen LogP contribution in [-0.2, 0) is 0 Å². The highest BCUT2D eigenvalue weighted by Gasteiger charge is 2.10. The highest BCUT2D eigenvalue weighted by Crippen LogP contribution is 2.16. The summed E-state index contributed by atoms with van der Waals surface area (Å²) in [5, 5.41) is 13.8. The van der Waals surface area contributed by atoms with E-state index in [9.17, 15) is 4.79 Å². The van der Waals surface area contributed by atoms with Crippen LogP contribution in [0.1, 0.15) is 16.1 Å². The molecule has 1 aromatic carbocycles. The Hall–Kier alpha value is -2.63. The lowest BCUT2D eigenvalue weighted by atomic mass is 10.2. The number of methoxy groups -OCH3 is 1. The van der Waals surface area contributed by atoms with Gasteiger partial charge in [0.15, 0.2) is 0 Å². The number of carbonyl (C=O) groups excluding carboxylic acids is 1. The molecule has 0 aliphatic rings. The van der Waals surface area contributed by atoms with Gasteiger partial charge in [0.1, 0.15) is 11.6 Å². The Morgan fingerprint density at radius 1 is 1.14 bits per heavy atom. The molecule has 0 radical (unpaired) electrons. The van der Waals surface area contributed by atoms with Crippen LogP contribution in [0.4, 0.5) is 5.82 Å². The van der Waals surface area contributed by atoms with Crippen LogP contribution in [0.2, 0.25) is 0 Å². The van der Waals surface area contributed by atoms with Crippen molar-refractivity contribution in [2.45, 2.75) is 6.92 Å². The van der Waals surface area contributed by atoms with Crippen LogP contribution >= 0.6 is 0 Å². The zero-order valence-corrected chi connectivity index (χ0v) is 12.1. The zero-order chi connectivity index (χ0) is 15.1. The van der Waals surface area contributed by atoms with E-state index >= 15 is 0 Å². The fraction of sp³-hybridized carbons (Fsp3) is 0.267. The Bertz CT molecular complexity index is 599. The summed E-state index contributed by atoms with van der Waals surface area (Å²) >= 11 is 0. The maximum absolute atomic E-state index is 12.0. The number of hydrogen-bond acceptors (Lipinski definition) is 5. The molecule has 21 heavy (non-hydrogen) atoms. The van der Waals surface area contributed by atoms with Gasteiger partial charge in [0.2, 0.25) is 0 Å². The lowest BCUT2D eigenvalue weighted by molar-refractivity contribution is 0.0952. The number of hydrogen-bond donors (Lipinski definition) is 2. The first-order valence-electron chi connectivity index (χ1n) is 6.66. The smallest absolute Gasteiger partial charge is 0.255 e. The topological polar surface area (TPSA) is 76.1 Å². The van der Waals surface area contributed by atoms with E-state index in [-0.39, 0.29) is 5.91 Å². The lowest BCUT2D eigenvalue weighted by Crippen LogP contribution is -2.29. The Morgan fingerprint density at radius 2 is 1.95 bits per heavy atom. The SMILES string of the molecule is COc1ccccc1C(=O)NCCNc1ccc(C)nn1. The zero-order valence-electron chi connectivity index (χ0n) is 12.1. The van der Waals surface area contributed by atoms with Crippen LogP contribution < -0.4 is 15.4 Å². The number of aryl methyl sites for hydroxylation is 1. The number of ether oxygens (including phenoxy) is 1. The van der Waals surface area contributed by atoms with Gasteiger partial charge in [-0.05, 0) is 31.2 Å². The summed E-state index contributed by atoms with van der Waals surface area (Å²) in [6.45, 7) is 2.93. The fourth-order valence-corrected chi connectivity index (χ4v) is 1.79. The van der Waals surface area contributed by atoms with Gasteiger partial charge in [0, 0.05) is 13.1 Å². The second-order valence-electron chi connectivity index (χ2n) is 4.44. The average molecular weight is 286 g/mol. The molecule has 2 aromatic rings. The molecular weight excluding hydrogens is 268 g/mol. The summed E-state index contributed by atoms with van der Waals surface area (Å²) in [7, 11) is 1.55. The van der Waals surface area contributed by atoms with E-state index in [1.54, 1.807) is 25.3 Å². The number of benzene rings is 1. The quantitative estimate of drug-likeness (QED) is 0.789. The predicted octanol–water partition coefficient (Wildman–Crippen LogP) is 1.64. The minimum Gasteiger partial charge on any atom is -0.496 e. The molecule has 0 bridgehead atoms. The van der Waals surface area contributed by atoms with Crippen molar-refractivity contribution in [1.82, 2.24) is 15.5 Å². The molecule has 110 valence electrons. The molecule has 1 heterocycles. The number of nitrogens with one attached hydrogen (secondary N) is 2. The number of nitrogens with zero attached hydrogens (tertiary/aromatic N) is 2. The first kappa shape index (κ1) is 14.8. The largest absolute Gasteiger partial charge is 0.496 e. The van der Waals surface area contributed by atoms with Crippen molar-refractivity contribution in [2.75, 3.05) is 25.5 Å². The van der Waals surface area contributed by atoms with E-state index in [4.69, 9.17) is 4.74 Å². The van der Waals surface area contributed by atoms with Crippen LogP contribution in [0, 0.1) is 6.92 Å². The van der Waals surface area contributed by atoms with Crippen molar-refractivity contribution in [3.05, 3.63) is 47.7 Å². The molecule has 0 unspecified atom stereocenters. The van der Waals surface area contributed by atoms with Gasteiger partial charge in [-0.15, -0.1) is 5.10 Å². The number of carbonyl (C=O) groups is 1. The number of rotatable bonds is 6. The maximum Gasteiger partial charge on any atom is 0.255 e.